The summed E-state index contributed by atoms with van der Waals surface area (Å²) in [5.41, 5.74) is 2.65. The molecular weight excluding hydrogens is 371 g/mol. The Morgan fingerprint density at radius 3 is 2.76 bits per heavy atom. The Balaban J connectivity index is 1.60. The van der Waals surface area contributed by atoms with Crippen LogP contribution >= 0.6 is 0 Å². The maximum absolute atomic E-state index is 13.7. The average molecular weight is 390 g/mol. The van der Waals surface area contributed by atoms with Crippen LogP contribution in [0, 0.1) is 5.82 Å². The monoisotopic (exact) mass is 390 g/mol. The van der Waals surface area contributed by atoms with E-state index >= 15 is 0 Å². The van der Waals surface area contributed by atoms with Crippen molar-refractivity contribution in [3.05, 3.63) is 81.7 Å². The number of H-pyrrole nitrogens is 2. The second kappa shape index (κ2) is 6.56. The van der Waals surface area contributed by atoms with Gasteiger partial charge in [0.1, 0.15) is 11.5 Å². The van der Waals surface area contributed by atoms with Gasteiger partial charge in [0, 0.05) is 42.3 Å². The van der Waals surface area contributed by atoms with Crippen molar-refractivity contribution in [1.29, 1.82) is 0 Å². The molecule has 146 valence electrons. The van der Waals surface area contributed by atoms with Crippen LogP contribution in [0.3, 0.4) is 0 Å². The van der Waals surface area contributed by atoms with Gasteiger partial charge in [-0.05, 0) is 29.7 Å². The van der Waals surface area contributed by atoms with Crippen molar-refractivity contribution in [3.63, 3.8) is 0 Å². The Morgan fingerprint density at radius 2 is 1.93 bits per heavy atom. The molecule has 0 saturated carbocycles. The Labute approximate surface area is 165 Å². The molecule has 5 rings (SSSR count). The van der Waals surface area contributed by atoms with Crippen LogP contribution in [0.1, 0.15) is 27.8 Å². The van der Waals surface area contributed by atoms with Gasteiger partial charge in [-0.2, -0.15) is 0 Å². The highest BCUT2D eigenvalue weighted by atomic mass is 19.1. The lowest BCUT2D eigenvalue weighted by Crippen LogP contribution is -2.42. The average Bonchev–Trinajstić information content (AvgIpc) is 3.16. The van der Waals surface area contributed by atoms with E-state index in [0.717, 1.165) is 22.2 Å². The number of amides is 1. The number of benzene rings is 2. The maximum Gasteiger partial charge on any atom is 0.270 e. The van der Waals surface area contributed by atoms with Crippen molar-refractivity contribution < 1.29 is 9.18 Å². The fraction of sp³-hybridized carbons (Fsp3) is 0.182. The van der Waals surface area contributed by atoms with E-state index in [1.807, 2.05) is 30.3 Å². The van der Waals surface area contributed by atoms with Crippen LogP contribution in [-0.4, -0.2) is 34.4 Å². The van der Waals surface area contributed by atoms with Crippen molar-refractivity contribution in [2.75, 3.05) is 13.6 Å². The number of carbonyl (C=O) groups excluding carboxylic acids is 1. The van der Waals surface area contributed by atoms with Gasteiger partial charge in [0.15, 0.2) is 0 Å². The molecule has 2 aromatic heterocycles. The number of halogens is 1. The van der Waals surface area contributed by atoms with Crippen molar-refractivity contribution in [1.82, 2.24) is 20.2 Å². The number of hydrogen-bond acceptors (Lipinski definition) is 3. The summed E-state index contributed by atoms with van der Waals surface area (Å²) in [5, 5.41) is 5.20. The van der Waals surface area contributed by atoms with Crippen LogP contribution in [0.2, 0.25) is 0 Å². The first kappa shape index (κ1) is 17.6. The highest BCUT2D eigenvalue weighted by molar-refractivity contribution is 5.98. The van der Waals surface area contributed by atoms with Crippen molar-refractivity contribution >= 4 is 27.6 Å². The third kappa shape index (κ3) is 2.82. The normalized spacial score (nSPS) is 16.1. The molecule has 0 spiro atoms. The molecule has 0 aliphatic carbocycles. The molecule has 6 nitrogen and oxygen atoms in total. The smallest absolute Gasteiger partial charge is 0.270 e. The number of pyridine rings is 1. The predicted octanol–water partition coefficient (Wildman–Crippen LogP) is 3.07. The summed E-state index contributed by atoms with van der Waals surface area (Å²) in [6.07, 6.45) is 0. The van der Waals surface area contributed by atoms with Crippen LogP contribution in [-0.2, 0) is 6.54 Å². The maximum atomic E-state index is 13.7. The molecular formula is C22H19FN4O2. The molecule has 2 aromatic carbocycles. The summed E-state index contributed by atoms with van der Waals surface area (Å²) in [4.78, 5) is 33.3. The van der Waals surface area contributed by atoms with Gasteiger partial charge in [0.05, 0.1) is 11.4 Å². The third-order valence-corrected chi connectivity index (χ3v) is 5.63. The standard InChI is InChI=1S/C22H19FN4O2/c1-27(22(29)17-8-12-4-2-3-5-16(12)25-17)19-11-24-10-18-20(19)14-7-6-13(23)9-15(14)21(28)26-18/h2-9,19,24-25H,10-11H2,1H3,(H,26,28)/t19-/m1/s1. The Kier molecular flexibility index (Phi) is 3.99. The molecule has 0 radical (unpaired) electrons. The topological polar surface area (TPSA) is 81.0 Å². The highest BCUT2D eigenvalue weighted by Gasteiger charge is 2.30. The number of hydrogen-bond donors (Lipinski definition) is 3. The Bertz CT molecular complexity index is 1290. The summed E-state index contributed by atoms with van der Waals surface area (Å²) < 4.78 is 13.7. The molecule has 1 atom stereocenters. The van der Waals surface area contributed by atoms with E-state index in [0.29, 0.717) is 29.6 Å². The minimum absolute atomic E-state index is 0.151. The lowest BCUT2D eigenvalue weighted by molar-refractivity contribution is 0.0718. The molecule has 1 aliphatic rings. The van der Waals surface area contributed by atoms with E-state index in [1.54, 1.807) is 18.0 Å². The lowest BCUT2D eigenvalue weighted by Gasteiger charge is -2.34. The molecule has 3 heterocycles. The molecule has 0 saturated heterocycles. The summed E-state index contributed by atoms with van der Waals surface area (Å²) in [6, 6.07) is 13.5. The first-order chi connectivity index (χ1) is 14.0. The quantitative estimate of drug-likeness (QED) is 0.492. The molecule has 0 fully saturated rings. The van der Waals surface area contributed by atoms with Gasteiger partial charge in [-0.3, -0.25) is 9.59 Å². The summed E-state index contributed by atoms with van der Waals surface area (Å²) in [6.45, 7) is 1.02. The van der Waals surface area contributed by atoms with Crippen LogP contribution in [0.4, 0.5) is 4.39 Å². The van der Waals surface area contributed by atoms with E-state index in [2.05, 4.69) is 15.3 Å². The second-order valence-electron chi connectivity index (χ2n) is 7.37. The van der Waals surface area contributed by atoms with Gasteiger partial charge in [-0.25, -0.2) is 4.39 Å². The SMILES string of the molecule is CN(C(=O)c1cc2ccccc2[nH]1)[C@@H]1CNCc2[nH]c(=O)c3cc(F)ccc3c21. The fourth-order valence-electron chi connectivity index (χ4n) is 4.18. The molecule has 1 amide bonds. The van der Waals surface area contributed by atoms with E-state index in [-0.39, 0.29) is 17.5 Å². The van der Waals surface area contributed by atoms with Crippen LogP contribution in [0.15, 0.2) is 53.3 Å². The van der Waals surface area contributed by atoms with Crippen LogP contribution in [0.25, 0.3) is 21.7 Å². The molecule has 29 heavy (non-hydrogen) atoms. The molecule has 4 aromatic rings. The zero-order chi connectivity index (χ0) is 20.1. The lowest BCUT2D eigenvalue weighted by atomic mass is 9.94. The number of fused-ring (bicyclic) bond motifs is 4. The number of nitrogens with zero attached hydrogens (tertiary/aromatic N) is 1. The summed E-state index contributed by atoms with van der Waals surface area (Å²) in [7, 11) is 1.75. The number of aromatic nitrogens is 2. The summed E-state index contributed by atoms with van der Waals surface area (Å²) in [5.74, 6) is -0.613. The second-order valence-corrected chi connectivity index (χ2v) is 7.37. The van der Waals surface area contributed by atoms with E-state index in [4.69, 9.17) is 0 Å². The molecule has 1 aliphatic heterocycles. The molecule has 0 unspecified atom stereocenters. The third-order valence-electron chi connectivity index (χ3n) is 5.63. The number of rotatable bonds is 2. The van der Waals surface area contributed by atoms with E-state index in [1.165, 1.54) is 12.1 Å². The first-order valence-electron chi connectivity index (χ1n) is 9.43. The number of para-hydroxylation sites is 1. The largest absolute Gasteiger partial charge is 0.351 e. The molecule has 7 heteroatoms. The predicted molar refractivity (Wildman–Crippen MR) is 109 cm³/mol. The van der Waals surface area contributed by atoms with Gasteiger partial charge in [0.2, 0.25) is 0 Å². The number of nitrogens with one attached hydrogen (secondary N) is 3. The van der Waals surface area contributed by atoms with Crippen molar-refractivity contribution in [2.45, 2.75) is 12.6 Å². The van der Waals surface area contributed by atoms with Crippen LogP contribution in [0.5, 0.6) is 0 Å². The van der Waals surface area contributed by atoms with Gasteiger partial charge >= 0.3 is 0 Å². The van der Waals surface area contributed by atoms with Crippen LogP contribution < -0.4 is 10.9 Å². The zero-order valence-electron chi connectivity index (χ0n) is 15.8. The van der Waals surface area contributed by atoms with Gasteiger partial charge in [0.25, 0.3) is 11.5 Å². The van der Waals surface area contributed by atoms with Crippen molar-refractivity contribution in [2.24, 2.45) is 0 Å². The van der Waals surface area contributed by atoms with Crippen molar-refractivity contribution in [3.8, 4) is 0 Å². The Morgan fingerprint density at radius 1 is 1.10 bits per heavy atom. The summed E-state index contributed by atoms with van der Waals surface area (Å²) >= 11 is 0. The molecule has 0 bridgehead atoms. The number of carbonyl (C=O) groups is 1. The highest BCUT2D eigenvalue weighted by Crippen LogP contribution is 2.32. The molecule has 3 N–H and O–H groups in total. The van der Waals surface area contributed by atoms with E-state index in [9.17, 15) is 14.0 Å². The number of likely N-dealkylation sites (N-methyl/N-ethyl adjacent to an activating group) is 1. The Hall–Kier alpha value is -3.45. The first-order valence-corrected chi connectivity index (χ1v) is 9.43. The van der Waals surface area contributed by atoms with Gasteiger partial charge < -0.3 is 20.2 Å². The van der Waals surface area contributed by atoms with Gasteiger partial charge in [-0.1, -0.05) is 24.3 Å². The van der Waals surface area contributed by atoms with Gasteiger partial charge in [-0.15, -0.1) is 0 Å². The number of aromatic amines is 2. The zero-order valence-corrected chi connectivity index (χ0v) is 15.8. The minimum atomic E-state index is -0.462. The van der Waals surface area contributed by atoms with E-state index < -0.39 is 5.82 Å². The fourth-order valence-corrected chi connectivity index (χ4v) is 4.18. The minimum Gasteiger partial charge on any atom is -0.351 e.